The van der Waals surface area contributed by atoms with Crippen LogP contribution in [0.3, 0.4) is 0 Å². The van der Waals surface area contributed by atoms with Gasteiger partial charge in [0.15, 0.2) is 11.4 Å². The van der Waals surface area contributed by atoms with Crippen LogP contribution in [0, 0.1) is 12.7 Å². The lowest BCUT2D eigenvalue weighted by Gasteiger charge is -2.02. The second-order valence-corrected chi connectivity index (χ2v) is 4.62. The van der Waals surface area contributed by atoms with E-state index in [0.29, 0.717) is 22.5 Å². The number of hydrogen-bond acceptors (Lipinski definition) is 4. The highest BCUT2D eigenvalue weighted by molar-refractivity contribution is 7.15. The van der Waals surface area contributed by atoms with E-state index in [9.17, 15) is 9.18 Å². The predicted molar refractivity (Wildman–Crippen MR) is 63.7 cm³/mol. The Morgan fingerprint density at radius 3 is 2.88 bits per heavy atom. The smallest absolute Gasteiger partial charge is 0.280 e. The van der Waals surface area contributed by atoms with Crippen LogP contribution < -0.4 is 4.74 Å². The number of carbonyl (C=O) groups excluding carboxylic acids is 1. The summed E-state index contributed by atoms with van der Waals surface area (Å²) in [6.45, 7) is 1.63. The standard InChI is InChI=1S/C11H7ClFNO2S/c1-6-4-7(2-3-8(6)13)16-11-14-10(12)9(5-15)17-11/h2-5H,1H3. The molecule has 0 aliphatic heterocycles. The van der Waals surface area contributed by atoms with Gasteiger partial charge in [-0.2, -0.15) is 4.98 Å². The Bertz CT molecular complexity index is 571. The Morgan fingerprint density at radius 1 is 1.53 bits per heavy atom. The molecule has 0 radical (unpaired) electrons. The minimum Gasteiger partial charge on any atom is -0.431 e. The van der Waals surface area contributed by atoms with Crippen molar-refractivity contribution in [2.75, 3.05) is 0 Å². The maximum Gasteiger partial charge on any atom is 0.280 e. The normalized spacial score (nSPS) is 10.3. The van der Waals surface area contributed by atoms with Crippen molar-refractivity contribution in [1.29, 1.82) is 0 Å². The van der Waals surface area contributed by atoms with Crippen molar-refractivity contribution in [2.45, 2.75) is 6.92 Å². The average Bonchev–Trinajstić information content (AvgIpc) is 2.64. The molecule has 1 heterocycles. The molecule has 1 aromatic carbocycles. The van der Waals surface area contributed by atoms with Gasteiger partial charge in [-0.25, -0.2) is 4.39 Å². The number of nitrogens with zero attached hydrogens (tertiary/aromatic N) is 1. The van der Waals surface area contributed by atoms with E-state index in [1.54, 1.807) is 13.0 Å². The Labute approximate surface area is 106 Å². The van der Waals surface area contributed by atoms with Gasteiger partial charge in [-0.05, 0) is 30.7 Å². The zero-order valence-electron chi connectivity index (χ0n) is 8.74. The molecular formula is C11H7ClFNO2S. The number of ether oxygens (including phenoxy) is 1. The summed E-state index contributed by atoms with van der Waals surface area (Å²) in [4.78, 5) is 14.7. The number of carbonyl (C=O) groups is 1. The minimum absolute atomic E-state index is 0.110. The van der Waals surface area contributed by atoms with E-state index < -0.39 is 0 Å². The summed E-state index contributed by atoms with van der Waals surface area (Å²) < 4.78 is 18.4. The molecular weight excluding hydrogens is 265 g/mol. The van der Waals surface area contributed by atoms with Crippen LogP contribution in [-0.2, 0) is 0 Å². The first kappa shape index (κ1) is 12.0. The topological polar surface area (TPSA) is 39.2 Å². The van der Waals surface area contributed by atoms with E-state index in [1.165, 1.54) is 12.1 Å². The van der Waals surface area contributed by atoms with Crippen LogP contribution in [0.15, 0.2) is 18.2 Å². The van der Waals surface area contributed by atoms with Gasteiger partial charge in [0.05, 0.1) is 0 Å². The molecule has 88 valence electrons. The monoisotopic (exact) mass is 271 g/mol. The summed E-state index contributed by atoms with van der Waals surface area (Å²) in [5.41, 5.74) is 0.473. The van der Waals surface area contributed by atoms with E-state index in [1.807, 2.05) is 0 Å². The van der Waals surface area contributed by atoms with E-state index in [0.717, 1.165) is 11.3 Å². The molecule has 1 aromatic heterocycles. The molecule has 17 heavy (non-hydrogen) atoms. The van der Waals surface area contributed by atoms with Crippen molar-refractivity contribution in [3.8, 4) is 10.9 Å². The van der Waals surface area contributed by atoms with E-state index >= 15 is 0 Å². The van der Waals surface area contributed by atoms with Crippen LogP contribution in [0.4, 0.5) is 4.39 Å². The molecule has 0 atom stereocenters. The third-order valence-electron chi connectivity index (χ3n) is 2.03. The summed E-state index contributed by atoms with van der Waals surface area (Å²) in [5.74, 6) is 0.148. The lowest BCUT2D eigenvalue weighted by atomic mass is 10.2. The van der Waals surface area contributed by atoms with Crippen LogP contribution >= 0.6 is 22.9 Å². The first-order chi connectivity index (χ1) is 8.10. The third-order valence-corrected chi connectivity index (χ3v) is 3.29. The second-order valence-electron chi connectivity index (χ2n) is 3.27. The van der Waals surface area contributed by atoms with Crippen molar-refractivity contribution in [2.24, 2.45) is 0 Å². The van der Waals surface area contributed by atoms with Crippen molar-refractivity contribution in [3.63, 3.8) is 0 Å². The number of rotatable bonds is 3. The number of benzene rings is 1. The Kier molecular flexibility index (Phi) is 3.40. The molecule has 0 fully saturated rings. The Morgan fingerprint density at radius 2 is 2.29 bits per heavy atom. The van der Waals surface area contributed by atoms with Crippen LogP contribution in [0.1, 0.15) is 15.2 Å². The van der Waals surface area contributed by atoms with Crippen molar-refractivity contribution in [1.82, 2.24) is 4.98 Å². The van der Waals surface area contributed by atoms with Crippen LogP contribution in [0.2, 0.25) is 5.15 Å². The van der Waals surface area contributed by atoms with Gasteiger partial charge in [0, 0.05) is 0 Å². The third kappa shape index (κ3) is 2.62. The molecule has 2 aromatic rings. The first-order valence-corrected chi connectivity index (χ1v) is 5.85. The molecule has 3 nitrogen and oxygen atoms in total. The van der Waals surface area contributed by atoms with Gasteiger partial charge in [-0.3, -0.25) is 4.79 Å². The molecule has 0 aliphatic carbocycles. The zero-order chi connectivity index (χ0) is 12.4. The summed E-state index contributed by atoms with van der Waals surface area (Å²) >= 11 is 6.73. The number of aldehydes is 1. The highest BCUT2D eigenvalue weighted by atomic mass is 35.5. The Balaban J connectivity index is 2.25. The SMILES string of the molecule is Cc1cc(Oc2nc(Cl)c(C=O)s2)ccc1F. The molecule has 6 heteroatoms. The summed E-state index contributed by atoms with van der Waals surface area (Å²) in [6, 6.07) is 4.34. The maximum atomic E-state index is 13.0. The number of halogens is 2. The lowest BCUT2D eigenvalue weighted by Crippen LogP contribution is -1.86. The van der Waals surface area contributed by atoms with Crippen LogP contribution in [-0.4, -0.2) is 11.3 Å². The minimum atomic E-state index is -0.303. The number of hydrogen-bond donors (Lipinski definition) is 0. The highest BCUT2D eigenvalue weighted by Crippen LogP contribution is 2.31. The van der Waals surface area contributed by atoms with Gasteiger partial charge in [0.1, 0.15) is 16.4 Å². The molecule has 0 amide bonds. The van der Waals surface area contributed by atoms with Crippen molar-refractivity contribution >= 4 is 29.2 Å². The quantitative estimate of drug-likeness (QED) is 0.796. The zero-order valence-corrected chi connectivity index (χ0v) is 10.3. The van der Waals surface area contributed by atoms with Crippen molar-refractivity contribution < 1.29 is 13.9 Å². The fraction of sp³-hybridized carbons (Fsp3) is 0.0909. The first-order valence-electron chi connectivity index (χ1n) is 4.65. The highest BCUT2D eigenvalue weighted by Gasteiger charge is 2.10. The molecule has 0 bridgehead atoms. The molecule has 0 saturated carbocycles. The largest absolute Gasteiger partial charge is 0.431 e. The molecule has 0 aliphatic rings. The van der Waals surface area contributed by atoms with Crippen molar-refractivity contribution in [3.05, 3.63) is 39.6 Å². The van der Waals surface area contributed by atoms with Gasteiger partial charge >= 0.3 is 0 Å². The molecule has 2 rings (SSSR count). The number of aromatic nitrogens is 1. The summed E-state index contributed by atoms with van der Waals surface area (Å²) in [5, 5.41) is 0.363. The molecule has 0 unspecified atom stereocenters. The molecule has 0 spiro atoms. The van der Waals surface area contributed by atoms with Crippen LogP contribution in [0.25, 0.3) is 0 Å². The lowest BCUT2D eigenvalue weighted by molar-refractivity contribution is 0.112. The summed E-state index contributed by atoms with van der Waals surface area (Å²) in [6.07, 6.45) is 0.614. The molecule has 0 N–H and O–H groups in total. The van der Waals surface area contributed by atoms with Gasteiger partial charge in [0.2, 0.25) is 0 Å². The van der Waals surface area contributed by atoms with E-state index in [-0.39, 0.29) is 16.2 Å². The van der Waals surface area contributed by atoms with E-state index in [2.05, 4.69) is 4.98 Å². The Hall–Kier alpha value is -1.46. The van der Waals surface area contributed by atoms with Gasteiger partial charge in [-0.1, -0.05) is 22.9 Å². The predicted octanol–water partition coefficient (Wildman–Crippen LogP) is 3.85. The average molecular weight is 272 g/mol. The van der Waals surface area contributed by atoms with Gasteiger partial charge in [-0.15, -0.1) is 0 Å². The number of thiazole rings is 1. The number of aryl methyl sites for hydroxylation is 1. The van der Waals surface area contributed by atoms with Gasteiger partial charge < -0.3 is 4.74 Å². The maximum absolute atomic E-state index is 13.0. The second kappa shape index (κ2) is 4.81. The van der Waals surface area contributed by atoms with Gasteiger partial charge in [0.25, 0.3) is 5.19 Å². The van der Waals surface area contributed by atoms with Crippen LogP contribution in [0.5, 0.6) is 10.9 Å². The van der Waals surface area contributed by atoms with E-state index in [4.69, 9.17) is 16.3 Å². The fourth-order valence-electron chi connectivity index (χ4n) is 1.19. The summed E-state index contributed by atoms with van der Waals surface area (Å²) in [7, 11) is 0. The molecule has 0 saturated heterocycles. The fourth-order valence-corrected chi connectivity index (χ4v) is 2.12.